The first-order chi connectivity index (χ1) is 14.5. The average molecular weight is 558 g/mol. The lowest BCUT2D eigenvalue weighted by Crippen LogP contribution is -2.44. The number of benzene rings is 2. The number of halogens is 2. The van der Waals surface area contributed by atoms with Crippen molar-refractivity contribution in [2.45, 2.75) is 19.0 Å². The van der Waals surface area contributed by atoms with Crippen LogP contribution in [0.4, 0.5) is 5.69 Å². The number of likely N-dealkylation sites (N-methyl/N-ethyl adjacent to an activating group) is 1. The van der Waals surface area contributed by atoms with Crippen LogP contribution in [0.1, 0.15) is 12.0 Å². The van der Waals surface area contributed by atoms with Crippen LogP contribution in [0, 0.1) is 0 Å². The topological polar surface area (TPSA) is 52.1 Å². The second kappa shape index (κ2) is 13.0. The molecule has 0 aromatic heterocycles. The molecule has 0 radical (unpaired) electrons. The molecule has 0 spiro atoms. The van der Waals surface area contributed by atoms with Crippen LogP contribution >= 0.6 is 35.6 Å². The number of rotatable bonds is 8. The van der Waals surface area contributed by atoms with E-state index in [1.165, 1.54) is 5.69 Å². The highest BCUT2D eigenvalue weighted by Gasteiger charge is 2.23. The zero-order valence-electron chi connectivity index (χ0n) is 18.5. The predicted octanol–water partition coefficient (Wildman–Crippen LogP) is 3.84. The smallest absolute Gasteiger partial charge is 0.191 e. The van der Waals surface area contributed by atoms with Gasteiger partial charge in [-0.2, -0.15) is 0 Å². The van der Waals surface area contributed by atoms with Crippen LogP contribution in [-0.2, 0) is 6.54 Å². The van der Waals surface area contributed by atoms with E-state index in [1.807, 2.05) is 44.4 Å². The molecule has 6 nitrogen and oxygen atoms in total. The van der Waals surface area contributed by atoms with Crippen LogP contribution in [0.25, 0.3) is 0 Å². The summed E-state index contributed by atoms with van der Waals surface area (Å²) in [5, 5.41) is 7.72. The molecule has 1 aliphatic heterocycles. The fourth-order valence-electron chi connectivity index (χ4n) is 3.45. The molecule has 3 rings (SSSR count). The Labute approximate surface area is 208 Å². The molecule has 0 bridgehead atoms. The lowest BCUT2D eigenvalue weighted by Gasteiger charge is -2.20. The normalized spacial score (nSPS) is 16.2. The monoisotopic (exact) mass is 557 g/mol. The molecule has 0 saturated carbocycles. The van der Waals surface area contributed by atoms with Gasteiger partial charge in [0.25, 0.3) is 0 Å². The first kappa shape index (κ1) is 25.5. The number of aliphatic imine (C=N–C) groups is 1. The maximum Gasteiger partial charge on any atom is 0.191 e. The summed E-state index contributed by atoms with van der Waals surface area (Å²) < 4.78 is 5.83. The first-order valence-corrected chi connectivity index (χ1v) is 10.8. The van der Waals surface area contributed by atoms with Crippen LogP contribution in [-0.4, -0.2) is 64.3 Å². The fraction of sp³-hybridized carbons (Fsp3) is 0.435. The molecule has 1 fully saturated rings. The zero-order chi connectivity index (χ0) is 21.3. The Morgan fingerprint density at radius 1 is 1.23 bits per heavy atom. The van der Waals surface area contributed by atoms with Crippen LogP contribution in [0.3, 0.4) is 0 Å². The van der Waals surface area contributed by atoms with E-state index >= 15 is 0 Å². The summed E-state index contributed by atoms with van der Waals surface area (Å²) in [6.45, 7) is 4.19. The van der Waals surface area contributed by atoms with Gasteiger partial charge >= 0.3 is 0 Å². The van der Waals surface area contributed by atoms with Gasteiger partial charge in [-0.15, -0.1) is 24.0 Å². The molecule has 31 heavy (non-hydrogen) atoms. The third-order valence-corrected chi connectivity index (χ3v) is 5.33. The second-order valence-corrected chi connectivity index (χ2v) is 8.22. The van der Waals surface area contributed by atoms with Crippen molar-refractivity contribution in [1.82, 2.24) is 15.5 Å². The van der Waals surface area contributed by atoms with Crippen molar-refractivity contribution in [3.8, 4) is 5.75 Å². The SMILES string of the molecule is CN=C(NCc1cccc(OCCN(C)C)c1)NC1CCN(c2cccc(Cl)c2)C1.I. The van der Waals surface area contributed by atoms with Crippen molar-refractivity contribution in [3.05, 3.63) is 59.1 Å². The third-order valence-electron chi connectivity index (χ3n) is 5.09. The number of guanidine groups is 1. The second-order valence-electron chi connectivity index (χ2n) is 7.78. The molecule has 2 aromatic rings. The Bertz CT molecular complexity index is 848. The van der Waals surface area contributed by atoms with Crippen molar-refractivity contribution in [3.63, 3.8) is 0 Å². The molecule has 1 saturated heterocycles. The van der Waals surface area contributed by atoms with Crippen molar-refractivity contribution >= 4 is 47.2 Å². The maximum absolute atomic E-state index is 6.14. The third kappa shape index (κ3) is 8.38. The summed E-state index contributed by atoms with van der Waals surface area (Å²) in [7, 11) is 5.89. The lowest BCUT2D eigenvalue weighted by atomic mass is 10.2. The van der Waals surface area contributed by atoms with Gasteiger partial charge in [-0.05, 0) is 56.4 Å². The number of ether oxygens (including phenoxy) is 1. The molecular formula is C23H33ClIN5O. The highest BCUT2D eigenvalue weighted by Crippen LogP contribution is 2.23. The molecular weight excluding hydrogens is 525 g/mol. The molecule has 2 aromatic carbocycles. The Morgan fingerprint density at radius 3 is 2.77 bits per heavy atom. The minimum absolute atomic E-state index is 0. The molecule has 1 atom stereocenters. The fourth-order valence-corrected chi connectivity index (χ4v) is 3.64. The summed E-state index contributed by atoms with van der Waals surface area (Å²) >= 11 is 6.14. The Hall–Kier alpha value is -1.71. The van der Waals surface area contributed by atoms with Gasteiger partial charge in [0.15, 0.2) is 5.96 Å². The van der Waals surface area contributed by atoms with Gasteiger partial charge in [-0.1, -0.05) is 29.8 Å². The van der Waals surface area contributed by atoms with E-state index in [0.29, 0.717) is 19.2 Å². The molecule has 2 N–H and O–H groups in total. The van der Waals surface area contributed by atoms with E-state index in [1.54, 1.807) is 7.05 Å². The van der Waals surface area contributed by atoms with Gasteiger partial charge in [0, 0.05) is 50.0 Å². The van der Waals surface area contributed by atoms with Crippen LogP contribution < -0.4 is 20.3 Å². The molecule has 170 valence electrons. The number of nitrogens with zero attached hydrogens (tertiary/aromatic N) is 3. The van der Waals surface area contributed by atoms with Gasteiger partial charge in [-0.25, -0.2) is 0 Å². The Balaban J connectivity index is 0.00000341. The number of nitrogens with one attached hydrogen (secondary N) is 2. The van der Waals surface area contributed by atoms with E-state index < -0.39 is 0 Å². The highest BCUT2D eigenvalue weighted by molar-refractivity contribution is 14.0. The first-order valence-electron chi connectivity index (χ1n) is 10.4. The molecule has 0 aliphatic carbocycles. The molecule has 1 aliphatic rings. The number of hydrogen-bond acceptors (Lipinski definition) is 4. The maximum atomic E-state index is 6.14. The number of anilines is 1. The molecule has 1 heterocycles. The van der Waals surface area contributed by atoms with E-state index in [4.69, 9.17) is 16.3 Å². The summed E-state index contributed by atoms with van der Waals surface area (Å²) in [5.41, 5.74) is 2.33. The quantitative estimate of drug-likeness (QED) is 0.294. The van der Waals surface area contributed by atoms with Gasteiger partial charge in [0.05, 0.1) is 0 Å². The number of hydrogen-bond donors (Lipinski definition) is 2. The summed E-state index contributed by atoms with van der Waals surface area (Å²) in [6.07, 6.45) is 1.06. The van der Waals surface area contributed by atoms with Crippen LogP contribution in [0.15, 0.2) is 53.5 Å². The van der Waals surface area contributed by atoms with Crippen molar-refractivity contribution in [2.75, 3.05) is 52.3 Å². The van der Waals surface area contributed by atoms with Gasteiger partial charge < -0.3 is 25.2 Å². The van der Waals surface area contributed by atoms with E-state index in [2.05, 4.69) is 43.6 Å². The van der Waals surface area contributed by atoms with E-state index in [9.17, 15) is 0 Å². The molecule has 1 unspecified atom stereocenters. The van der Waals surface area contributed by atoms with Gasteiger partial charge in [0.2, 0.25) is 0 Å². The van der Waals surface area contributed by atoms with E-state index in [-0.39, 0.29) is 24.0 Å². The predicted molar refractivity (Wildman–Crippen MR) is 141 cm³/mol. The highest BCUT2D eigenvalue weighted by atomic mass is 127. The lowest BCUT2D eigenvalue weighted by molar-refractivity contribution is 0.261. The summed E-state index contributed by atoms with van der Waals surface area (Å²) in [4.78, 5) is 8.85. The van der Waals surface area contributed by atoms with Crippen LogP contribution in [0.2, 0.25) is 5.02 Å². The summed E-state index contributed by atoms with van der Waals surface area (Å²) in [6, 6.07) is 16.6. The minimum Gasteiger partial charge on any atom is -0.492 e. The van der Waals surface area contributed by atoms with Crippen molar-refractivity contribution in [1.29, 1.82) is 0 Å². The summed E-state index contributed by atoms with van der Waals surface area (Å²) in [5.74, 6) is 1.71. The largest absolute Gasteiger partial charge is 0.492 e. The van der Waals surface area contributed by atoms with Crippen molar-refractivity contribution < 1.29 is 4.74 Å². The average Bonchev–Trinajstić information content (AvgIpc) is 3.20. The zero-order valence-corrected chi connectivity index (χ0v) is 21.6. The van der Waals surface area contributed by atoms with E-state index in [0.717, 1.165) is 48.4 Å². The Kier molecular flexibility index (Phi) is 10.7. The Morgan fingerprint density at radius 2 is 2.03 bits per heavy atom. The standard InChI is InChI=1S/C23H32ClN5O.HI/c1-25-23(26-16-18-6-4-9-22(14-18)30-13-12-28(2)3)27-20-10-11-29(17-20)21-8-5-7-19(24)15-21;/h4-9,14-15,20H,10-13,16-17H2,1-3H3,(H2,25,26,27);1H. The minimum atomic E-state index is 0. The molecule has 0 amide bonds. The molecule has 8 heteroatoms. The van der Waals surface area contributed by atoms with Gasteiger partial charge in [-0.3, -0.25) is 4.99 Å². The van der Waals surface area contributed by atoms with Gasteiger partial charge in [0.1, 0.15) is 12.4 Å². The van der Waals surface area contributed by atoms with Crippen LogP contribution in [0.5, 0.6) is 5.75 Å². The van der Waals surface area contributed by atoms with Crippen molar-refractivity contribution in [2.24, 2.45) is 4.99 Å².